The van der Waals surface area contributed by atoms with E-state index in [1.165, 1.54) is 4.90 Å². The van der Waals surface area contributed by atoms with E-state index >= 15 is 0 Å². The highest BCUT2D eigenvalue weighted by Gasteiger charge is 2.20. The molecule has 2 amide bonds. The van der Waals surface area contributed by atoms with Crippen molar-refractivity contribution in [2.24, 2.45) is 7.05 Å². The fourth-order valence-electron chi connectivity index (χ4n) is 2.62. The second-order valence-corrected chi connectivity index (χ2v) is 6.34. The van der Waals surface area contributed by atoms with Gasteiger partial charge in [-0.05, 0) is 25.5 Å². The van der Waals surface area contributed by atoms with E-state index in [4.69, 9.17) is 4.74 Å². The number of hydrogen-bond acceptors (Lipinski definition) is 4. The Morgan fingerprint density at radius 2 is 2.00 bits per heavy atom. The first-order chi connectivity index (χ1) is 12.3. The molecule has 0 aliphatic carbocycles. The number of benzene rings is 1. The van der Waals surface area contributed by atoms with Gasteiger partial charge in [0.05, 0.1) is 11.7 Å². The number of aryl methyl sites for hydroxylation is 2. The van der Waals surface area contributed by atoms with Crippen LogP contribution in [-0.2, 0) is 11.8 Å². The molecule has 0 bridgehead atoms. The molecular weight excluding hydrogens is 332 g/mol. The van der Waals surface area contributed by atoms with Crippen molar-refractivity contribution >= 4 is 11.8 Å². The van der Waals surface area contributed by atoms with Gasteiger partial charge in [0, 0.05) is 26.7 Å². The Kier molecular flexibility index (Phi) is 6.38. The summed E-state index contributed by atoms with van der Waals surface area (Å²) in [5.74, 6) is 0.275. The third kappa shape index (κ3) is 4.62. The van der Waals surface area contributed by atoms with E-state index in [0.29, 0.717) is 17.9 Å². The number of nitrogens with one attached hydrogen (secondary N) is 1. The largest absolute Gasteiger partial charge is 0.483 e. The van der Waals surface area contributed by atoms with Gasteiger partial charge in [-0.2, -0.15) is 5.10 Å². The first-order valence-corrected chi connectivity index (χ1v) is 8.56. The lowest BCUT2D eigenvalue weighted by Gasteiger charge is -2.21. The van der Waals surface area contributed by atoms with Crippen LogP contribution in [0.15, 0.2) is 30.3 Å². The topological polar surface area (TPSA) is 76.5 Å². The van der Waals surface area contributed by atoms with E-state index in [1.807, 2.05) is 32.0 Å². The zero-order chi connectivity index (χ0) is 19.3. The average molecular weight is 358 g/mol. The highest BCUT2D eigenvalue weighted by molar-refractivity contribution is 5.93. The third-order valence-corrected chi connectivity index (χ3v) is 4.09. The van der Waals surface area contributed by atoms with E-state index in [-0.39, 0.29) is 24.5 Å². The quantitative estimate of drug-likeness (QED) is 0.822. The Morgan fingerprint density at radius 1 is 1.31 bits per heavy atom. The van der Waals surface area contributed by atoms with Gasteiger partial charge in [0.2, 0.25) is 0 Å². The van der Waals surface area contributed by atoms with Gasteiger partial charge in [0.15, 0.2) is 6.61 Å². The van der Waals surface area contributed by atoms with Crippen molar-refractivity contribution in [1.82, 2.24) is 20.0 Å². The highest BCUT2D eigenvalue weighted by Crippen LogP contribution is 2.27. The molecule has 1 N–H and O–H groups in total. The summed E-state index contributed by atoms with van der Waals surface area (Å²) in [7, 11) is 5.11. The number of amides is 2. The maximum Gasteiger partial charge on any atom is 0.270 e. The Labute approximate surface area is 153 Å². The van der Waals surface area contributed by atoms with Crippen molar-refractivity contribution in [3.63, 3.8) is 0 Å². The minimum absolute atomic E-state index is 0.0463. The van der Waals surface area contributed by atoms with E-state index < -0.39 is 0 Å². The second-order valence-electron chi connectivity index (χ2n) is 6.34. The predicted molar refractivity (Wildman–Crippen MR) is 99.1 cm³/mol. The number of hydrogen-bond donors (Lipinski definition) is 1. The third-order valence-electron chi connectivity index (χ3n) is 4.09. The van der Waals surface area contributed by atoms with Crippen molar-refractivity contribution < 1.29 is 14.3 Å². The minimum atomic E-state index is -0.233. The number of rotatable bonds is 7. The molecule has 1 heterocycles. The summed E-state index contributed by atoms with van der Waals surface area (Å²) in [6.07, 6.45) is 0.685. The molecule has 7 heteroatoms. The molecule has 0 saturated carbocycles. The molecule has 0 spiro atoms. The number of nitrogens with zero attached hydrogens (tertiary/aromatic N) is 3. The zero-order valence-electron chi connectivity index (χ0n) is 15.9. The number of likely N-dealkylation sites (N-methyl/N-ethyl adjacent to an activating group) is 1. The molecule has 1 aromatic carbocycles. The van der Waals surface area contributed by atoms with Gasteiger partial charge in [-0.15, -0.1) is 0 Å². The Balaban J connectivity index is 2.18. The second kappa shape index (κ2) is 8.51. The summed E-state index contributed by atoms with van der Waals surface area (Å²) in [6.45, 7) is 3.79. The maximum atomic E-state index is 12.6. The standard InChI is InChI=1S/C19H26N4O3/c1-6-15(20-19(25)16-11-13(2)21-23(16)5)14-9-7-8-10-17(14)26-12-18(24)22(3)4/h7-11,15H,6,12H2,1-5H3,(H,20,25). The predicted octanol–water partition coefficient (Wildman–Crippen LogP) is 2.08. The summed E-state index contributed by atoms with van der Waals surface area (Å²) in [5.41, 5.74) is 2.13. The van der Waals surface area contributed by atoms with Crippen LogP contribution < -0.4 is 10.1 Å². The number of carbonyl (C=O) groups excluding carboxylic acids is 2. The van der Waals surface area contributed by atoms with E-state index in [9.17, 15) is 9.59 Å². The smallest absolute Gasteiger partial charge is 0.270 e. The molecule has 2 aromatic rings. The number of carbonyl (C=O) groups is 2. The maximum absolute atomic E-state index is 12.6. The van der Waals surface area contributed by atoms with Gasteiger partial charge in [-0.3, -0.25) is 14.3 Å². The van der Waals surface area contributed by atoms with Gasteiger partial charge >= 0.3 is 0 Å². The minimum Gasteiger partial charge on any atom is -0.483 e. The van der Waals surface area contributed by atoms with E-state index in [2.05, 4.69) is 10.4 Å². The van der Waals surface area contributed by atoms with Crippen LogP contribution in [0.3, 0.4) is 0 Å². The summed E-state index contributed by atoms with van der Waals surface area (Å²) in [6, 6.07) is 8.96. The molecule has 140 valence electrons. The lowest BCUT2D eigenvalue weighted by molar-refractivity contribution is -0.130. The number of para-hydroxylation sites is 1. The molecular formula is C19H26N4O3. The number of aromatic nitrogens is 2. The normalized spacial score (nSPS) is 11.7. The van der Waals surface area contributed by atoms with Crippen LogP contribution in [0.4, 0.5) is 0 Å². The van der Waals surface area contributed by atoms with Crippen LogP contribution in [0.1, 0.15) is 41.1 Å². The van der Waals surface area contributed by atoms with Gasteiger partial charge in [0.1, 0.15) is 11.4 Å². The van der Waals surface area contributed by atoms with Crippen molar-refractivity contribution in [2.45, 2.75) is 26.3 Å². The molecule has 1 unspecified atom stereocenters. The SMILES string of the molecule is CCC(NC(=O)c1cc(C)nn1C)c1ccccc1OCC(=O)N(C)C. The average Bonchev–Trinajstić information content (AvgIpc) is 2.96. The fourth-order valence-corrected chi connectivity index (χ4v) is 2.62. The molecule has 7 nitrogen and oxygen atoms in total. The van der Waals surface area contributed by atoms with Crippen LogP contribution in [0, 0.1) is 6.92 Å². The highest BCUT2D eigenvalue weighted by atomic mass is 16.5. The molecule has 0 aliphatic rings. The molecule has 2 rings (SSSR count). The monoisotopic (exact) mass is 358 g/mol. The van der Waals surface area contributed by atoms with Crippen LogP contribution >= 0.6 is 0 Å². The molecule has 26 heavy (non-hydrogen) atoms. The summed E-state index contributed by atoms with van der Waals surface area (Å²) in [5, 5.41) is 7.24. The Morgan fingerprint density at radius 3 is 2.58 bits per heavy atom. The van der Waals surface area contributed by atoms with Gasteiger partial charge in [-0.25, -0.2) is 0 Å². The van der Waals surface area contributed by atoms with E-state index in [1.54, 1.807) is 38.0 Å². The van der Waals surface area contributed by atoms with Crippen molar-refractivity contribution in [3.05, 3.63) is 47.3 Å². The van der Waals surface area contributed by atoms with Gasteiger partial charge < -0.3 is 15.0 Å². The fraction of sp³-hybridized carbons (Fsp3) is 0.421. The molecule has 1 atom stereocenters. The lowest BCUT2D eigenvalue weighted by Crippen LogP contribution is -2.31. The van der Waals surface area contributed by atoms with E-state index in [0.717, 1.165) is 11.3 Å². The summed E-state index contributed by atoms with van der Waals surface area (Å²) < 4.78 is 7.26. The molecule has 0 fully saturated rings. The number of ether oxygens (including phenoxy) is 1. The van der Waals surface area contributed by atoms with Crippen molar-refractivity contribution in [3.8, 4) is 5.75 Å². The Bertz CT molecular complexity index is 783. The van der Waals surface area contributed by atoms with Crippen molar-refractivity contribution in [2.75, 3.05) is 20.7 Å². The van der Waals surface area contributed by atoms with Gasteiger partial charge in [0.25, 0.3) is 11.8 Å². The molecule has 0 radical (unpaired) electrons. The van der Waals surface area contributed by atoms with Crippen LogP contribution in [0.2, 0.25) is 0 Å². The zero-order valence-corrected chi connectivity index (χ0v) is 15.9. The molecule has 0 saturated heterocycles. The van der Waals surface area contributed by atoms with Gasteiger partial charge in [-0.1, -0.05) is 25.1 Å². The van der Waals surface area contributed by atoms with Crippen LogP contribution in [0.5, 0.6) is 5.75 Å². The van der Waals surface area contributed by atoms with Crippen molar-refractivity contribution in [1.29, 1.82) is 0 Å². The molecule has 0 aliphatic heterocycles. The summed E-state index contributed by atoms with van der Waals surface area (Å²) >= 11 is 0. The van der Waals surface area contributed by atoms with Crippen LogP contribution in [0.25, 0.3) is 0 Å². The van der Waals surface area contributed by atoms with Crippen LogP contribution in [-0.4, -0.2) is 47.2 Å². The Hall–Kier alpha value is -2.83. The first-order valence-electron chi connectivity index (χ1n) is 8.56. The lowest BCUT2D eigenvalue weighted by atomic mass is 10.0. The summed E-state index contributed by atoms with van der Waals surface area (Å²) in [4.78, 5) is 25.9. The first kappa shape index (κ1) is 19.5. The molecule has 1 aromatic heterocycles.